The maximum atomic E-state index is 14.0. The van der Waals surface area contributed by atoms with E-state index < -0.39 is 0 Å². The Labute approximate surface area is 113 Å². The van der Waals surface area contributed by atoms with Crippen LogP contribution in [0.5, 0.6) is 0 Å². The summed E-state index contributed by atoms with van der Waals surface area (Å²) in [6.07, 6.45) is 6.73. The van der Waals surface area contributed by atoms with Crippen molar-refractivity contribution in [1.29, 1.82) is 0 Å². The summed E-state index contributed by atoms with van der Waals surface area (Å²) >= 11 is 1.73. The van der Waals surface area contributed by atoms with E-state index in [1.54, 1.807) is 23.9 Å². The first-order chi connectivity index (χ1) is 8.70. The highest BCUT2D eigenvalue weighted by atomic mass is 32.2. The molecule has 1 aliphatic rings. The number of nitrogens with two attached hydrogens (primary N) is 1. The van der Waals surface area contributed by atoms with Crippen molar-refractivity contribution >= 4 is 11.8 Å². The minimum atomic E-state index is -0.0762. The van der Waals surface area contributed by atoms with E-state index in [-0.39, 0.29) is 11.9 Å². The van der Waals surface area contributed by atoms with Crippen molar-refractivity contribution in [2.45, 2.75) is 61.6 Å². The van der Waals surface area contributed by atoms with E-state index in [9.17, 15) is 4.39 Å². The molecule has 1 aliphatic carbocycles. The maximum Gasteiger partial charge on any atom is 0.137 e. The fraction of sp³-hybridized carbons (Fsp3) is 0.600. The molecule has 0 bridgehead atoms. The first-order valence-electron chi connectivity index (χ1n) is 6.90. The molecule has 1 unspecified atom stereocenters. The van der Waals surface area contributed by atoms with Crippen molar-refractivity contribution in [2.24, 2.45) is 5.73 Å². The molecule has 0 radical (unpaired) electrons. The summed E-state index contributed by atoms with van der Waals surface area (Å²) in [5.74, 6) is -0.0762. The Bertz CT molecular complexity index is 388. The van der Waals surface area contributed by atoms with Gasteiger partial charge in [-0.05, 0) is 37.3 Å². The molecule has 1 nitrogen and oxygen atoms in total. The molecular formula is C15H22FNS. The second-order valence-corrected chi connectivity index (χ2v) is 6.44. The van der Waals surface area contributed by atoms with Crippen LogP contribution in [-0.4, -0.2) is 11.3 Å². The van der Waals surface area contributed by atoms with Crippen LogP contribution in [0.15, 0.2) is 23.1 Å². The van der Waals surface area contributed by atoms with Gasteiger partial charge in [0.15, 0.2) is 0 Å². The third-order valence-corrected chi connectivity index (χ3v) is 5.14. The molecule has 18 heavy (non-hydrogen) atoms. The minimum Gasteiger partial charge on any atom is -0.327 e. The molecule has 2 N–H and O–H groups in total. The minimum absolute atomic E-state index is 0.0762. The highest BCUT2D eigenvalue weighted by molar-refractivity contribution is 8.00. The van der Waals surface area contributed by atoms with E-state index in [4.69, 9.17) is 5.73 Å². The zero-order valence-electron chi connectivity index (χ0n) is 11.0. The van der Waals surface area contributed by atoms with E-state index in [0.717, 1.165) is 23.3 Å². The average Bonchev–Trinajstić information content (AvgIpc) is 2.86. The number of hydrogen-bond acceptors (Lipinski definition) is 2. The quantitative estimate of drug-likeness (QED) is 0.867. The predicted octanol–water partition coefficient (Wildman–Crippen LogP) is 4.14. The smallest absolute Gasteiger partial charge is 0.137 e. The van der Waals surface area contributed by atoms with Gasteiger partial charge in [0.1, 0.15) is 5.82 Å². The van der Waals surface area contributed by atoms with E-state index in [1.165, 1.54) is 25.7 Å². The molecular weight excluding hydrogens is 245 g/mol. The van der Waals surface area contributed by atoms with Gasteiger partial charge in [0.2, 0.25) is 0 Å². The highest BCUT2D eigenvalue weighted by Gasteiger charge is 2.20. The van der Waals surface area contributed by atoms with E-state index in [2.05, 4.69) is 6.92 Å². The molecule has 0 heterocycles. The molecule has 0 spiro atoms. The van der Waals surface area contributed by atoms with Crippen molar-refractivity contribution in [2.75, 3.05) is 0 Å². The molecule has 1 fully saturated rings. The van der Waals surface area contributed by atoms with Crippen molar-refractivity contribution in [1.82, 2.24) is 0 Å². The first-order valence-corrected chi connectivity index (χ1v) is 7.78. The lowest BCUT2D eigenvalue weighted by molar-refractivity contribution is 0.584. The molecule has 0 amide bonds. The van der Waals surface area contributed by atoms with Gasteiger partial charge in [-0.25, -0.2) is 4.39 Å². The molecule has 1 atom stereocenters. The first kappa shape index (κ1) is 13.9. The van der Waals surface area contributed by atoms with Crippen LogP contribution in [0.4, 0.5) is 4.39 Å². The Kier molecular flexibility index (Phi) is 5.07. The van der Waals surface area contributed by atoms with Gasteiger partial charge < -0.3 is 5.73 Å². The third kappa shape index (κ3) is 3.48. The van der Waals surface area contributed by atoms with E-state index >= 15 is 0 Å². The monoisotopic (exact) mass is 267 g/mol. The Hall–Kier alpha value is -0.540. The number of benzene rings is 1. The average molecular weight is 267 g/mol. The lowest BCUT2D eigenvalue weighted by atomic mass is 10.0. The molecule has 1 aromatic rings. The third-order valence-electron chi connectivity index (χ3n) is 3.64. The van der Waals surface area contributed by atoms with Crippen molar-refractivity contribution in [3.8, 4) is 0 Å². The number of thioether (sulfide) groups is 1. The number of rotatable bonds is 5. The van der Waals surface area contributed by atoms with E-state index in [0.29, 0.717) is 5.25 Å². The summed E-state index contributed by atoms with van der Waals surface area (Å²) in [4.78, 5) is 0.841. The summed E-state index contributed by atoms with van der Waals surface area (Å²) < 4.78 is 14.0. The van der Waals surface area contributed by atoms with Crippen molar-refractivity contribution in [3.63, 3.8) is 0 Å². The molecule has 2 rings (SSSR count). The molecule has 0 saturated heterocycles. The number of hydrogen-bond donors (Lipinski definition) is 1. The van der Waals surface area contributed by atoms with E-state index in [1.807, 2.05) is 6.07 Å². The second-order valence-electron chi connectivity index (χ2n) is 5.12. The second kappa shape index (κ2) is 6.58. The standard InChI is InChI=1S/C15H22FNS/c1-2-12(17)10-11-6-5-9-14(16)15(11)18-13-7-3-4-8-13/h5-6,9,12-13H,2-4,7-8,10,17H2,1H3. The topological polar surface area (TPSA) is 26.0 Å². The molecule has 3 heteroatoms. The van der Waals surface area contributed by atoms with Crippen LogP contribution in [0.25, 0.3) is 0 Å². The molecule has 0 aliphatic heterocycles. The van der Waals surface area contributed by atoms with Crippen LogP contribution in [0.3, 0.4) is 0 Å². The highest BCUT2D eigenvalue weighted by Crippen LogP contribution is 2.37. The maximum absolute atomic E-state index is 14.0. The fourth-order valence-electron chi connectivity index (χ4n) is 2.45. The SMILES string of the molecule is CCC(N)Cc1cccc(F)c1SC1CCCC1. The number of halogens is 1. The van der Waals surface area contributed by atoms with Gasteiger partial charge in [-0.2, -0.15) is 0 Å². The van der Waals surface area contributed by atoms with Crippen LogP contribution in [0, 0.1) is 5.82 Å². The van der Waals surface area contributed by atoms with Gasteiger partial charge in [0, 0.05) is 16.2 Å². The normalized spacial score (nSPS) is 18.2. The summed E-state index contributed by atoms with van der Waals surface area (Å²) in [7, 11) is 0. The summed E-state index contributed by atoms with van der Waals surface area (Å²) in [5.41, 5.74) is 7.08. The molecule has 1 saturated carbocycles. The Balaban J connectivity index is 2.14. The Morgan fingerprint density at radius 3 is 2.78 bits per heavy atom. The lowest BCUT2D eigenvalue weighted by Gasteiger charge is -2.16. The van der Waals surface area contributed by atoms with Crippen molar-refractivity contribution in [3.05, 3.63) is 29.6 Å². The zero-order chi connectivity index (χ0) is 13.0. The fourth-order valence-corrected chi connectivity index (χ4v) is 3.83. The summed E-state index contributed by atoms with van der Waals surface area (Å²) in [6, 6.07) is 5.52. The Morgan fingerprint density at radius 1 is 1.39 bits per heavy atom. The largest absolute Gasteiger partial charge is 0.327 e. The van der Waals surface area contributed by atoms with Crippen LogP contribution >= 0.6 is 11.8 Å². The van der Waals surface area contributed by atoms with Gasteiger partial charge >= 0.3 is 0 Å². The van der Waals surface area contributed by atoms with Crippen LogP contribution in [-0.2, 0) is 6.42 Å². The predicted molar refractivity (Wildman–Crippen MR) is 76.5 cm³/mol. The van der Waals surface area contributed by atoms with Gasteiger partial charge in [0.05, 0.1) is 0 Å². The van der Waals surface area contributed by atoms with Gasteiger partial charge in [-0.15, -0.1) is 11.8 Å². The van der Waals surface area contributed by atoms with Crippen LogP contribution in [0.2, 0.25) is 0 Å². The van der Waals surface area contributed by atoms with Crippen LogP contribution < -0.4 is 5.73 Å². The van der Waals surface area contributed by atoms with Crippen LogP contribution in [0.1, 0.15) is 44.6 Å². The van der Waals surface area contributed by atoms with Crippen molar-refractivity contribution < 1.29 is 4.39 Å². The van der Waals surface area contributed by atoms with Gasteiger partial charge in [0.25, 0.3) is 0 Å². The van der Waals surface area contributed by atoms with Gasteiger partial charge in [-0.3, -0.25) is 0 Å². The molecule has 1 aromatic carbocycles. The van der Waals surface area contributed by atoms with Gasteiger partial charge in [-0.1, -0.05) is 31.9 Å². The summed E-state index contributed by atoms with van der Waals surface area (Å²) in [5, 5.41) is 0.596. The zero-order valence-corrected chi connectivity index (χ0v) is 11.8. The lowest BCUT2D eigenvalue weighted by Crippen LogP contribution is -2.22. The summed E-state index contributed by atoms with van der Waals surface area (Å²) in [6.45, 7) is 2.08. The molecule has 100 valence electrons. The Morgan fingerprint density at radius 2 is 2.11 bits per heavy atom. The molecule has 0 aromatic heterocycles.